The molecular weight excluding hydrogens is 280 g/mol. The summed E-state index contributed by atoms with van der Waals surface area (Å²) in [6, 6.07) is 8.11. The van der Waals surface area contributed by atoms with E-state index in [4.69, 9.17) is 9.47 Å². The Hall–Kier alpha value is -1.59. The summed E-state index contributed by atoms with van der Waals surface area (Å²) in [5.41, 5.74) is 2.34. The molecule has 1 unspecified atom stereocenters. The molecule has 1 saturated heterocycles. The van der Waals surface area contributed by atoms with Crippen LogP contribution in [0.15, 0.2) is 24.3 Å². The summed E-state index contributed by atoms with van der Waals surface area (Å²) in [5, 5.41) is 5.88. The molecule has 1 aromatic rings. The summed E-state index contributed by atoms with van der Waals surface area (Å²) in [7, 11) is 0. The lowest BCUT2D eigenvalue weighted by Gasteiger charge is -2.23. The van der Waals surface area contributed by atoms with Crippen molar-refractivity contribution >= 4 is 6.03 Å². The lowest BCUT2D eigenvalue weighted by Crippen LogP contribution is -2.40. The van der Waals surface area contributed by atoms with Gasteiger partial charge in [-0.1, -0.05) is 36.8 Å². The minimum atomic E-state index is -0.561. The third kappa shape index (κ3) is 4.71. The van der Waals surface area contributed by atoms with E-state index >= 15 is 0 Å². The van der Waals surface area contributed by atoms with Crippen molar-refractivity contribution in [2.45, 2.75) is 45.4 Å². The number of rotatable bonds is 6. The van der Waals surface area contributed by atoms with Gasteiger partial charge in [-0.3, -0.25) is 0 Å². The molecule has 2 amide bonds. The standard InChI is InChI=1S/C17H26N2O3/c1-4-15(14-7-5-13(2)6-8-14)19-16(20)18-10-9-17(3)21-11-12-22-17/h5-8,15H,4,9-12H2,1-3H3,(H2,18,19,20). The van der Waals surface area contributed by atoms with Gasteiger partial charge in [0.1, 0.15) is 0 Å². The zero-order chi connectivity index (χ0) is 16.0. The first-order valence-electron chi connectivity index (χ1n) is 7.91. The van der Waals surface area contributed by atoms with Crippen LogP contribution in [0, 0.1) is 6.92 Å². The van der Waals surface area contributed by atoms with Crippen molar-refractivity contribution in [2.75, 3.05) is 19.8 Å². The van der Waals surface area contributed by atoms with Crippen molar-refractivity contribution in [2.24, 2.45) is 0 Å². The number of carbonyl (C=O) groups is 1. The van der Waals surface area contributed by atoms with E-state index < -0.39 is 5.79 Å². The predicted molar refractivity (Wildman–Crippen MR) is 85.7 cm³/mol. The monoisotopic (exact) mass is 306 g/mol. The molecule has 1 aliphatic rings. The zero-order valence-electron chi connectivity index (χ0n) is 13.6. The predicted octanol–water partition coefficient (Wildman–Crippen LogP) is 2.90. The quantitative estimate of drug-likeness (QED) is 0.849. The first-order valence-corrected chi connectivity index (χ1v) is 7.91. The highest BCUT2D eigenvalue weighted by molar-refractivity contribution is 5.74. The van der Waals surface area contributed by atoms with E-state index in [2.05, 4.69) is 48.7 Å². The number of benzene rings is 1. The van der Waals surface area contributed by atoms with E-state index in [9.17, 15) is 4.79 Å². The molecule has 0 bridgehead atoms. The Kier molecular flexibility index (Phi) is 5.80. The van der Waals surface area contributed by atoms with Gasteiger partial charge in [0.15, 0.2) is 5.79 Å². The van der Waals surface area contributed by atoms with Crippen LogP contribution in [0.4, 0.5) is 4.79 Å². The van der Waals surface area contributed by atoms with Gasteiger partial charge in [0.05, 0.1) is 19.3 Å². The Morgan fingerprint density at radius 3 is 2.50 bits per heavy atom. The largest absolute Gasteiger partial charge is 0.348 e. The number of nitrogens with one attached hydrogen (secondary N) is 2. The van der Waals surface area contributed by atoms with Crippen LogP contribution in [0.3, 0.4) is 0 Å². The molecule has 0 radical (unpaired) electrons. The lowest BCUT2D eigenvalue weighted by atomic mass is 10.0. The Labute approximate surface area is 132 Å². The molecule has 1 aromatic carbocycles. The Bertz CT molecular complexity index is 481. The van der Waals surface area contributed by atoms with Gasteiger partial charge in [-0.25, -0.2) is 4.79 Å². The second-order valence-corrected chi connectivity index (χ2v) is 5.85. The van der Waals surface area contributed by atoms with Crippen LogP contribution in [0.5, 0.6) is 0 Å². The summed E-state index contributed by atoms with van der Waals surface area (Å²) in [6.45, 7) is 7.78. The third-order valence-corrected chi connectivity index (χ3v) is 3.96. The molecule has 0 spiro atoms. The number of carbonyl (C=O) groups excluding carboxylic acids is 1. The molecule has 2 rings (SSSR count). The van der Waals surface area contributed by atoms with E-state index in [-0.39, 0.29) is 12.1 Å². The maximum Gasteiger partial charge on any atom is 0.315 e. The fourth-order valence-electron chi connectivity index (χ4n) is 2.53. The molecule has 1 aliphatic heterocycles. The molecule has 0 saturated carbocycles. The number of ether oxygens (including phenoxy) is 2. The summed E-state index contributed by atoms with van der Waals surface area (Å²) in [4.78, 5) is 12.0. The van der Waals surface area contributed by atoms with Crippen LogP contribution in [0.25, 0.3) is 0 Å². The molecule has 2 N–H and O–H groups in total. The maximum absolute atomic E-state index is 12.0. The number of amides is 2. The summed E-state index contributed by atoms with van der Waals surface area (Å²) in [5.74, 6) is -0.561. The van der Waals surface area contributed by atoms with Gasteiger partial charge in [-0.2, -0.15) is 0 Å². The van der Waals surface area contributed by atoms with E-state index in [1.807, 2.05) is 6.92 Å². The molecule has 1 heterocycles. The molecule has 122 valence electrons. The topological polar surface area (TPSA) is 59.6 Å². The molecule has 5 heteroatoms. The zero-order valence-corrected chi connectivity index (χ0v) is 13.6. The number of urea groups is 1. The van der Waals surface area contributed by atoms with Crippen molar-refractivity contribution in [3.8, 4) is 0 Å². The molecule has 22 heavy (non-hydrogen) atoms. The molecule has 0 aliphatic carbocycles. The second-order valence-electron chi connectivity index (χ2n) is 5.85. The summed E-state index contributed by atoms with van der Waals surface area (Å²) in [6.07, 6.45) is 1.49. The van der Waals surface area contributed by atoms with Crippen molar-refractivity contribution in [1.29, 1.82) is 0 Å². The lowest BCUT2D eigenvalue weighted by molar-refractivity contribution is -0.145. The average Bonchev–Trinajstić information content (AvgIpc) is 2.92. The smallest absolute Gasteiger partial charge is 0.315 e. The summed E-state index contributed by atoms with van der Waals surface area (Å²) >= 11 is 0. The van der Waals surface area contributed by atoms with E-state index in [0.29, 0.717) is 26.2 Å². The van der Waals surface area contributed by atoms with Gasteiger partial charge in [-0.15, -0.1) is 0 Å². The highest BCUT2D eigenvalue weighted by atomic mass is 16.7. The number of hydrogen-bond donors (Lipinski definition) is 2. The second kappa shape index (κ2) is 7.61. The Balaban J connectivity index is 1.78. The minimum absolute atomic E-state index is 0.0233. The van der Waals surface area contributed by atoms with Crippen molar-refractivity contribution < 1.29 is 14.3 Å². The number of hydrogen-bond acceptors (Lipinski definition) is 3. The van der Waals surface area contributed by atoms with Gasteiger partial charge >= 0.3 is 6.03 Å². The Morgan fingerprint density at radius 1 is 1.27 bits per heavy atom. The molecule has 0 aromatic heterocycles. The summed E-state index contributed by atoms with van der Waals surface area (Å²) < 4.78 is 11.0. The average molecular weight is 306 g/mol. The van der Waals surface area contributed by atoms with Crippen LogP contribution in [0.1, 0.15) is 43.9 Å². The molecule has 1 fully saturated rings. The normalized spacial score (nSPS) is 18.0. The van der Waals surface area contributed by atoms with Crippen molar-refractivity contribution in [1.82, 2.24) is 10.6 Å². The van der Waals surface area contributed by atoms with Crippen molar-refractivity contribution in [3.05, 3.63) is 35.4 Å². The SMILES string of the molecule is CCC(NC(=O)NCCC1(C)OCCO1)c1ccc(C)cc1. The fraction of sp³-hybridized carbons (Fsp3) is 0.588. The van der Waals surface area contributed by atoms with Gasteiger partial charge < -0.3 is 20.1 Å². The van der Waals surface area contributed by atoms with Crippen LogP contribution in [-0.2, 0) is 9.47 Å². The minimum Gasteiger partial charge on any atom is -0.348 e. The first kappa shape index (κ1) is 16.8. The van der Waals surface area contributed by atoms with Gasteiger partial charge in [0.25, 0.3) is 0 Å². The van der Waals surface area contributed by atoms with Gasteiger partial charge in [-0.05, 0) is 25.8 Å². The van der Waals surface area contributed by atoms with Gasteiger partial charge in [0, 0.05) is 13.0 Å². The molecule has 5 nitrogen and oxygen atoms in total. The van der Waals surface area contributed by atoms with E-state index in [1.165, 1.54) is 5.56 Å². The fourth-order valence-corrected chi connectivity index (χ4v) is 2.53. The van der Waals surface area contributed by atoms with E-state index in [1.54, 1.807) is 0 Å². The van der Waals surface area contributed by atoms with E-state index in [0.717, 1.165) is 12.0 Å². The van der Waals surface area contributed by atoms with Crippen LogP contribution >= 0.6 is 0 Å². The first-order chi connectivity index (χ1) is 10.5. The molecule has 1 atom stereocenters. The van der Waals surface area contributed by atoms with Crippen molar-refractivity contribution in [3.63, 3.8) is 0 Å². The Morgan fingerprint density at radius 2 is 1.91 bits per heavy atom. The van der Waals surface area contributed by atoms with Crippen LogP contribution in [-0.4, -0.2) is 31.6 Å². The highest BCUT2D eigenvalue weighted by Gasteiger charge is 2.30. The molecular formula is C17H26N2O3. The van der Waals surface area contributed by atoms with Gasteiger partial charge in [0.2, 0.25) is 0 Å². The third-order valence-electron chi connectivity index (χ3n) is 3.96. The number of aryl methyl sites for hydroxylation is 1. The van der Waals surface area contributed by atoms with Crippen LogP contribution in [0.2, 0.25) is 0 Å². The highest BCUT2D eigenvalue weighted by Crippen LogP contribution is 2.21. The van der Waals surface area contributed by atoms with Crippen LogP contribution < -0.4 is 10.6 Å². The maximum atomic E-state index is 12.0.